The third-order valence-corrected chi connectivity index (χ3v) is 3.67. The van der Waals surface area contributed by atoms with Gasteiger partial charge in [-0.25, -0.2) is 9.67 Å². The third kappa shape index (κ3) is 3.09. The number of hydrogen-bond acceptors (Lipinski definition) is 4. The molecule has 1 aliphatic heterocycles. The van der Waals surface area contributed by atoms with E-state index in [0.717, 1.165) is 25.5 Å². The predicted octanol–water partition coefficient (Wildman–Crippen LogP) is 1.42. The second kappa shape index (κ2) is 6.29. The minimum atomic E-state index is 0.364. The minimum Gasteiger partial charge on any atom is -0.381 e. The van der Waals surface area contributed by atoms with Gasteiger partial charge < -0.3 is 10.1 Å². The maximum Gasteiger partial charge on any atom is 0.138 e. The summed E-state index contributed by atoms with van der Waals surface area (Å²) in [5.41, 5.74) is 0. The molecular weight excluding hydrogens is 228 g/mol. The van der Waals surface area contributed by atoms with Gasteiger partial charge in [0.05, 0.1) is 6.61 Å². The predicted molar refractivity (Wildman–Crippen MR) is 70.5 cm³/mol. The monoisotopic (exact) mass is 252 g/mol. The van der Waals surface area contributed by atoms with Crippen LogP contribution in [0.2, 0.25) is 0 Å². The third-order valence-electron chi connectivity index (χ3n) is 3.67. The van der Waals surface area contributed by atoms with Crippen LogP contribution in [0.1, 0.15) is 38.6 Å². The molecule has 2 atom stereocenters. The summed E-state index contributed by atoms with van der Waals surface area (Å²) in [5, 5.41) is 7.71. The van der Waals surface area contributed by atoms with Crippen LogP contribution in [0.5, 0.6) is 0 Å². The van der Waals surface area contributed by atoms with Crippen LogP contribution in [0.25, 0.3) is 0 Å². The van der Waals surface area contributed by atoms with Gasteiger partial charge in [-0.15, -0.1) is 0 Å². The number of likely N-dealkylation sites (N-methyl/N-ethyl adjacent to an activating group) is 1. The molecule has 0 bridgehead atoms. The van der Waals surface area contributed by atoms with Crippen molar-refractivity contribution in [1.82, 2.24) is 20.1 Å². The second-order valence-electron chi connectivity index (χ2n) is 5.29. The fourth-order valence-corrected chi connectivity index (χ4v) is 2.64. The Hall–Kier alpha value is -0.940. The summed E-state index contributed by atoms with van der Waals surface area (Å²) in [6.07, 6.45) is 4.98. The fraction of sp³-hybridized carbons (Fsp3) is 0.846. The van der Waals surface area contributed by atoms with Crippen LogP contribution < -0.4 is 5.32 Å². The van der Waals surface area contributed by atoms with E-state index in [1.165, 1.54) is 12.8 Å². The van der Waals surface area contributed by atoms with Crippen molar-refractivity contribution in [2.24, 2.45) is 5.92 Å². The largest absolute Gasteiger partial charge is 0.381 e. The van der Waals surface area contributed by atoms with Gasteiger partial charge in [0.15, 0.2) is 0 Å². The fourth-order valence-electron chi connectivity index (χ4n) is 2.64. The maximum absolute atomic E-state index is 5.58. The van der Waals surface area contributed by atoms with E-state index in [1.54, 1.807) is 6.33 Å². The number of rotatable bonds is 5. The van der Waals surface area contributed by atoms with Gasteiger partial charge in [-0.1, -0.05) is 0 Å². The lowest BCUT2D eigenvalue weighted by atomic mass is 9.91. The molecule has 2 heterocycles. The van der Waals surface area contributed by atoms with Crippen LogP contribution in [0.4, 0.5) is 0 Å². The zero-order valence-electron chi connectivity index (χ0n) is 11.6. The standard InChI is InChI=1S/C13H24N4O/c1-10(2)17-13(15-9-16-17)7-12(14-3)11-5-4-6-18-8-11/h9-12,14H,4-8H2,1-3H3. The molecule has 1 aliphatic rings. The summed E-state index contributed by atoms with van der Waals surface area (Å²) < 4.78 is 7.59. The molecule has 18 heavy (non-hydrogen) atoms. The Morgan fingerprint density at radius 2 is 2.39 bits per heavy atom. The van der Waals surface area contributed by atoms with Crippen molar-refractivity contribution in [3.8, 4) is 0 Å². The smallest absolute Gasteiger partial charge is 0.138 e. The Bertz CT molecular complexity index is 358. The molecule has 1 N–H and O–H groups in total. The van der Waals surface area contributed by atoms with E-state index < -0.39 is 0 Å². The van der Waals surface area contributed by atoms with E-state index in [-0.39, 0.29) is 0 Å². The van der Waals surface area contributed by atoms with Gasteiger partial charge in [-0.05, 0) is 39.7 Å². The highest BCUT2D eigenvalue weighted by molar-refractivity contribution is 4.93. The minimum absolute atomic E-state index is 0.364. The van der Waals surface area contributed by atoms with E-state index in [4.69, 9.17) is 4.74 Å². The molecule has 1 fully saturated rings. The zero-order chi connectivity index (χ0) is 13.0. The molecule has 1 aromatic rings. The normalized spacial score (nSPS) is 22.3. The van der Waals surface area contributed by atoms with Crippen LogP contribution >= 0.6 is 0 Å². The summed E-state index contributed by atoms with van der Waals surface area (Å²) in [7, 11) is 2.02. The Morgan fingerprint density at radius 1 is 1.56 bits per heavy atom. The molecule has 0 saturated carbocycles. The van der Waals surface area contributed by atoms with E-state index in [0.29, 0.717) is 18.0 Å². The van der Waals surface area contributed by atoms with Gasteiger partial charge in [0.25, 0.3) is 0 Å². The van der Waals surface area contributed by atoms with Crippen molar-refractivity contribution < 1.29 is 4.74 Å². The van der Waals surface area contributed by atoms with Gasteiger partial charge in [-0.3, -0.25) is 0 Å². The highest BCUT2D eigenvalue weighted by Crippen LogP contribution is 2.20. The lowest BCUT2D eigenvalue weighted by Gasteiger charge is -2.30. The first-order valence-electron chi connectivity index (χ1n) is 6.85. The maximum atomic E-state index is 5.58. The SMILES string of the molecule is CNC(Cc1ncnn1C(C)C)C1CCCOC1. The summed E-state index contributed by atoms with van der Waals surface area (Å²) >= 11 is 0. The topological polar surface area (TPSA) is 52.0 Å². The molecule has 2 unspecified atom stereocenters. The van der Waals surface area contributed by atoms with Crippen LogP contribution in [0, 0.1) is 5.92 Å². The van der Waals surface area contributed by atoms with E-state index >= 15 is 0 Å². The number of aromatic nitrogens is 3. The van der Waals surface area contributed by atoms with Crippen molar-refractivity contribution in [1.29, 1.82) is 0 Å². The first-order valence-corrected chi connectivity index (χ1v) is 6.85. The number of hydrogen-bond donors (Lipinski definition) is 1. The first-order chi connectivity index (χ1) is 8.72. The van der Waals surface area contributed by atoms with Crippen LogP contribution in [0.15, 0.2) is 6.33 Å². The second-order valence-corrected chi connectivity index (χ2v) is 5.29. The Balaban J connectivity index is 2.02. The molecule has 0 aliphatic carbocycles. The van der Waals surface area contributed by atoms with Crippen molar-refractivity contribution in [3.05, 3.63) is 12.2 Å². The average molecular weight is 252 g/mol. The van der Waals surface area contributed by atoms with Crippen LogP contribution in [0.3, 0.4) is 0 Å². The molecular formula is C13H24N4O. The lowest BCUT2D eigenvalue weighted by molar-refractivity contribution is 0.0400. The molecule has 102 valence electrons. The van der Waals surface area contributed by atoms with Crippen molar-refractivity contribution in [2.75, 3.05) is 20.3 Å². The van der Waals surface area contributed by atoms with Crippen molar-refractivity contribution in [3.63, 3.8) is 0 Å². The summed E-state index contributed by atoms with van der Waals surface area (Å²) in [5.74, 6) is 1.65. The molecule has 1 aromatic heterocycles. The van der Waals surface area contributed by atoms with Gasteiger partial charge >= 0.3 is 0 Å². The van der Waals surface area contributed by atoms with E-state index in [1.807, 2.05) is 11.7 Å². The molecule has 5 heteroatoms. The highest BCUT2D eigenvalue weighted by atomic mass is 16.5. The lowest BCUT2D eigenvalue weighted by Crippen LogP contribution is -2.40. The van der Waals surface area contributed by atoms with Gasteiger partial charge in [-0.2, -0.15) is 5.10 Å². The molecule has 0 aromatic carbocycles. The van der Waals surface area contributed by atoms with Crippen LogP contribution in [-0.2, 0) is 11.2 Å². The van der Waals surface area contributed by atoms with Gasteiger partial charge in [0, 0.05) is 25.1 Å². The van der Waals surface area contributed by atoms with E-state index in [9.17, 15) is 0 Å². The molecule has 1 saturated heterocycles. The number of nitrogens with one attached hydrogen (secondary N) is 1. The summed E-state index contributed by atoms with van der Waals surface area (Å²) in [6, 6.07) is 0.787. The highest BCUT2D eigenvalue weighted by Gasteiger charge is 2.25. The Kier molecular flexibility index (Phi) is 4.72. The van der Waals surface area contributed by atoms with Gasteiger partial charge in [0.2, 0.25) is 0 Å². The summed E-state index contributed by atoms with van der Waals surface area (Å²) in [4.78, 5) is 4.39. The number of nitrogens with zero attached hydrogens (tertiary/aromatic N) is 3. The molecule has 0 radical (unpaired) electrons. The Morgan fingerprint density at radius 3 is 3.00 bits per heavy atom. The molecule has 2 rings (SSSR count). The first kappa shape index (κ1) is 13.5. The van der Waals surface area contributed by atoms with Crippen molar-refractivity contribution in [2.45, 2.75) is 45.2 Å². The van der Waals surface area contributed by atoms with Crippen molar-refractivity contribution >= 4 is 0 Å². The molecule has 5 nitrogen and oxygen atoms in total. The van der Waals surface area contributed by atoms with E-state index in [2.05, 4.69) is 29.2 Å². The molecule has 0 amide bonds. The number of ether oxygens (including phenoxy) is 1. The summed E-state index contributed by atoms with van der Waals surface area (Å²) in [6.45, 7) is 6.04. The Labute approximate surface area is 109 Å². The van der Waals surface area contributed by atoms with Crippen LogP contribution in [-0.4, -0.2) is 41.1 Å². The molecule has 0 spiro atoms. The quantitative estimate of drug-likeness (QED) is 0.861. The average Bonchev–Trinajstić information content (AvgIpc) is 2.85. The zero-order valence-corrected chi connectivity index (χ0v) is 11.6. The van der Waals surface area contributed by atoms with Gasteiger partial charge in [0.1, 0.15) is 12.2 Å².